The molecule has 0 saturated heterocycles. The Balaban J connectivity index is 1.35. The van der Waals surface area contributed by atoms with Crippen molar-refractivity contribution in [1.29, 1.82) is 0 Å². The number of hydrogen-bond acceptors (Lipinski definition) is 0. The van der Waals surface area contributed by atoms with E-state index >= 15 is 0 Å². The molecule has 0 aliphatic carbocycles. The summed E-state index contributed by atoms with van der Waals surface area (Å²) in [5, 5.41) is 5.17. The molecule has 0 aliphatic heterocycles. The second kappa shape index (κ2) is 8.25. The average Bonchev–Trinajstić information content (AvgIpc) is 3.28. The average molecular weight is 460 g/mol. The van der Waals surface area contributed by atoms with Gasteiger partial charge in [-0.25, -0.2) is 0 Å². The van der Waals surface area contributed by atoms with Crippen molar-refractivity contribution in [2.75, 3.05) is 0 Å². The molecule has 1 aromatic heterocycles. The highest BCUT2D eigenvalue weighted by Gasteiger charge is 2.13. The molecule has 170 valence electrons. The second-order valence-corrected chi connectivity index (χ2v) is 9.46. The first kappa shape index (κ1) is 20.7. The van der Waals surface area contributed by atoms with Gasteiger partial charge in [0.1, 0.15) is 0 Å². The molecule has 1 nitrogen and oxygen atoms in total. The third-order valence-electron chi connectivity index (χ3n) is 7.42. The molecule has 36 heavy (non-hydrogen) atoms. The van der Waals surface area contributed by atoms with Crippen LogP contribution in [0.25, 0.3) is 60.5 Å². The number of aromatic nitrogens is 1. The normalized spacial score (nSPS) is 11.5. The molecule has 0 spiro atoms. The number of nitrogens with zero attached hydrogens (tertiary/aromatic N) is 1. The first-order valence-electron chi connectivity index (χ1n) is 12.5. The lowest BCUT2D eigenvalue weighted by Crippen LogP contribution is -1.93. The van der Waals surface area contributed by atoms with Crippen molar-refractivity contribution in [2.24, 2.45) is 0 Å². The monoisotopic (exact) mass is 459 g/mol. The van der Waals surface area contributed by atoms with Gasteiger partial charge in [-0.3, -0.25) is 0 Å². The van der Waals surface area contributed by atoms with Crippen molar-refractivity contribution >= 4 is 32.6 Å². The van der Waals surface area contributed by atoms with Crippen LogP contribution in [-0.2, 0) is 0 Å². The fourth-order valence-corrected chi connectivity index (χ4v) is 5.59. The number of para-hydroxylation sites is 2. The zero-order valence-corrected chi connectivity index (χ0v) is 20.1. The predicted molar refractivity (Wildman–Crippen MR) is 154 cm³/mol. The van der Waals surface area contributed by atoms with Gasteiger partial charge in [-0.05, 0) is 69.8 Å². The Labute approximate surface area is 210 Å². The Morgan fingerprint density at radius 2 is 1.08 bits per heavy atom. The fraction of sp³-hybridized carbons (Fsp3) is 0.0286. The quantitative estimate of drug-likeness (QED) is 0.248. The maximum atomic E-state index is 2.38. The summed E-state index contributed by atoms with van der Waals surface area (Å²) in [6, 6.07) is 48.3. The Morgan fingerprint density at radius 3 is 1.92 bits per heavy atom. The Bertz CT molecular complexity index is 1870. The smallest absolute Gasteiger partial charge is 0.0547 e. The molecular formula is C35H25N. The molecule has 7 rings (SSSR count). The number of hydrogen-bond donors (Lipinski definition) is 0. The highest BCUT2D eigenvalue weighted by molar-refractivity contribution is 6.10. The molecule has 0 aliphatic rings. The molecular weight excluding hydrogens is 434 g/mol. The van der Waals surface area contributed by atoms with Crippen LogP contribution >= 0.6 is 0 Å². The minimum atomic E-state index is 1.18. The second-order valence-electron chi connectivity index (χ2n) is 9.46. The van der Waals surface area contributed by atoms with Gasteiger partial charge in [-0.1, -0.05) is 109 Å². The Hall–Kier alpha value is -4.62. The van der Waals surface area contributed by atoms with Gasteiger partial charge in [0, 0.05) is 16.5 Å². The van der Waals surface area contributed by atoms with Gasteiger partial charge in [-0.2, -0.15) is 0 Å². The van der Waals surface area contributed by atoms with Gasteiger partial charge in [0.2, 0.25) is 0 Å². The van der Waals surface area contributed by atoms with Crippen molar-refractivity contribution in [3.05, 3.63) is 139 Å². The predicted octanol–water partition coefficient (Wildman–Crippen LogP) is 9.58. The zero-order chi connectivity index (χ0) is 24.1. The third kappa shape index (κ3) is 3.25. The SMILES string of the molecule is Cc1c(-c2ccc(-c3ccc4c5ccccc5n(-c5ccccc5)c4c3)cc2)ccc2ccccc12. The van der Waals surface area contributed by atoms with Crippen LogP contribution in [0.5, 0.6) is 0 Å². The molecule has 0 atom stereocenters. The summed E-state index contributed by atoms with van der Waals surface area (Å²) in [5.74, 6) is 0. The number of aryl methyl sites for hydroxylation is 1. The molecule has 0 bridgehead atoms. The van der Waals surface area contributed by atoms with Gasteiger partial charge >= 0.3 is 0 Å². The van der Waals surface area contributed by atoms with Gasteiger partial charge in [0.15, 0.2) is 0 Å². The maximum absolute atomic E-state index is 2.38. The van der Waals surface area contributed by atoms with Crippen molar-refractivity contribution < 1.29 is 0 Å². The summed E-state index contributed by atoms with van der Waals surface area (Å²) in [6.07, 6.45) is 0. The topological polar surface area (TPSA) is 4.93 Å². The van der Waals surface area contributed by atoms with Gasteiger partial charge in [0.05, 0.1) is 11.0 Å². The first-order valence-corrected chi connectivity index (χ1v) is 12.5. The minimum absolute atomic E-state index is 1.18. The molecule has 1 heterocycles. The summed E-state index contributed by atoms with van der Waals surface area (Å²) in [7, 11) is 0. The van der Waals surface area contributed by atoms with E-state index in [1.54, 1.807) is 0 Å². The van der Waals surface area contributed by atoms with E-state index in [4.69, 9.17) is 0 Å². The molecule has 0 unspecified atom stereocenters. The molecule has 0 amide bonds. The lowest BCUT2D eigenvalue weighted by molar-refractivity contribution is 1.18. The number of rotatable bonds is 3. The molecule has 1 heteroatoms. The summed E-state index contributed by atoms with van der Waals surface area (Å²) >= 11 is 0. The first-order chi connectivity index (χ1) is 17.8. The van der Waals surface area contributed by atoms with Gasteiger partial charge < -0.3 is 4.57 Å². The van der Waals surface area contributed by atoms with Crippen molar-refractivity contribution in [3.63, 3.8) is 0 Å². The molecule has 0 N–H and O–H groups in total. The van der Waals surface area contributed by atoms with Gasteiger partial charge in [0.25, 0.3) is 0 Å². The summed E-state index contributed by atoms with van der Waals surface area (Å²) in [4.78, 5) is 0. The summed E-state index contributed by atoms with van der Waals surface area (Å²) in [6.45, 7) is 2.22. The third-order valence-corrected chi connectivity index (χ3v) is 7.42. The lowest BCUT2D eigenvalue weighted by atomic mass is 9.94. The lowest BCUT2D eigenvalue weighted by Gasteiger charge is -2.11. The number of fused-ring (bicyclic) bond motifs is 4. The Kier molecular flexibility index (Phi) is 4.75. The van der Waals surface area contributed by atoms with Crippen LogP contribution in [0.1, 0.15) is 5.56 Å². The molecule has 7 aromatic rings. The summed E-state index contributed by atoms with van der Waals surface area (Å²) in [5.41, 5.74) is 9.97. The van der Waals surface area contributed by atoms with E-state index in [0.29, 0.717) is 0 Å². The van der Waals surface area contributed by atoms with Crippen LogP contribution < -0.4 is 0 Å². The van der Waals surface area contributed by atoms with Crippen molar-refractivity contribution in [3.8, 4) is 27.9 Å². The van der Waals surface area contributed by atoms with E-state index < -0.39 is 0 Å². The van der Waals surface area contributed by atoms with Crippen LogP contribution in [0.2, 0.25) is 0 Å². The van der Waals surface area contributed by atoms with Crippen LogP contribution in [0.15, 0.2) is 133 Å². The highest BCUT2D eigenvalue weighted by Crippen LogP contribution is 2.36. The molecule has 6 aromatic carbocycles. The van der Waals surface area contributed by atoms with E-state index in [-0.39, 0.29) is 0 Å². The van der Waals surface area contributed by atoms with E-state index in [9.17, 15) is 0 Å². The standard InChI is InChI=1S/C35H25N/c1-24-30-12-6-5-9-26(30)19-21-31(24)27-17-15-25(16-18-27)28-20-22-33-32-13-7-8-14-34(32)36(35(33)23-28)29-10-3-2-4-11-29/h2-23H,1H3. The minimum Gasteiger partial charge on any atom is -0.309 e. The van der Waals surface area contributed by atoms with Crippen LogP contribution in [0, 0.1) is 6.92 Å². The zero-order valence-electron chi connectivity index (χ0n) is 20.1. The molecule has 0 radical (unpaired) electrons. The van der Waals surface area contributed by atoms with Crippen molar-refractivity contribution in [2.45, 2.75) is 6.92 Å². The van der Waals surface area contributed by atoms with Crippen LogP contribution in [0.3, 0.4) is 0 Å². The highest BCUT2D eigenvalue weighted by atomic mass is 15.0. The molecule has 0 saturated carbocycles. The van der Waals surface area contributed by atoms with Crippen molar-refractivity contribution in [1.82, 2.24) is 4.57 Å². The molecule has 0 fully saturated rings. The maximum Gasteiger partial charge on any atom is 0.0547 e. The van der Waals surface area contributed by atoms with Crippen LogP contribution in [-0.4, -0.2) is 4.57 Å². The van der Waals surface area contributed by atoms with E-state index in [1.165, 1.54) is 66.1 Å². The number of benzene rings is 6. The van der Waals surface area contributed by atoms with Gasteiger partial charge in [-0.15, -0.1) is 0 Å². The van der Waals surface area contributed by atoms with E-state index in [2.05, 4.69) is 145 Å². The van der Waals surface area contributed by atoms with E-state index in [0.717, 1.165) is 0 Å². The fourth-order valence-electron chi connectivity index (χ4n) is 5.59. The Morgan fingerprint density at radius 1 is 0.444 bits per heavy atom. The largest absolute Gasteiger partial charge is 0.309 e. The van der Waals surface area contributed by atoms with E-state index in [1.807, 2.05) is 0 Å². The van der Waals surface area contributed by atoms with Crippen LogP contribution in [0.4, 0.5) is 0 Å². The summed E-state index contributed by atoms with van der Waals surface area (Å²) < 4.78 is 2.38.